The predicted octanol–water partition coefficient (Wildman–Crippen LogP) is 4.78. The van der Waals surface area contributed by atoms with Gasteiger partial charge in [0.15, 0.2) is 0 Å². The summed E-state index contributed by atoms with van der Waals surface area (Å²) in [6, 6.07) is 20.8. The number of allylic oxidation sites excluding steroid dienone is 1. The minimum absolute atomic E-state index is 0.435. The van der Waals surface area contributed by atoms with E-state index in [2.05, 4.69) is 48.5 Å². The van der Waals surface area contributed by atoms with Gasteiger partial charge in [-0.1, -0.05) is 66.2 Å². The van der Waals surface area contributed by atoms with E-state index in [1.54, 1.807) is 20.8 Å². The standard InChI is InChI=1S/C12H10.C6H10O2/c1-3-7-11(8-4-1)12-9-5-2-6-10-12;1-4(2)5(3)6(7)8/h1-10H;1-3H3,(H,7,8). The van der Waals surface area contributed by atoms with Crippen molar-refractivity contribution < 1.29 is 9.90 Å². The molecule has 0 aliphatic heterocycles. The molecule has 104 valence electrons. The highest BCUT2D eigenvalue weighted by Gasteiger charge is 1.99. The van der Waals surface area contributed by atoms with Crippen LogP contribution < -0.4 is 0 Å². The van der Waals surface area contributed by atoms with E-state index < -0.39 is 5.97 Å². The molecule has 0 amide bonds. The number of aliphatic carboxylic acids is 1. The van der Waals surface area contributed by atoms with E-state index in [4.69, 9.17) is 5.11 Å². The third-order valence-corrected chi connectivity index (χ3v) is 2.95. The molecule has 0 heterocycles. The Balaban J connectivity index is 0.000000221. The highest BCUT2D eigenvalue weighted by atomic mass is 16.4. The number of rotatable bonds is 2. The fourth-order valence-electron chi connectivity index (χ4n) is 1.48. The van der Waals surface area contributed by atoms with Crippen molar-refractivity contribution in [1.82, 2.24) is 0 Å². The maximum Gasteiger partial charge on any atom is 0.331 e. The summed E-state index contributed by atoms with van der Waals surface area (Å²) in [6.45, 7) is 5.16. The lowest BCUT2D eigenvalue weighted by molar-refractivity contribution is -0.132. The number of hydrogen-bond donors (Lipinski definition) is 1. The van der Waals surface area contributed by atoms with Gasteiger partial charge in [-0.3, -0.25) is 0 Å². The lowest BCUT2D eigenvalue weighted by Crippen LogP contribution is -1.97. The Hall–Kier alpha value is -2.35. The van der Waals surface area contributed by atoms with Gasteiger partial charge in [0.1, 0.15) is 0 Å². The number of carboxylic acids is 1. The molecule has 0 radical (unpaired) electrons. The first kappa shape index (κ1) is 15.7. The van der Waals surface area contributed by atoms with Gasteiger partial charge >= 0.3 is 5.97 Å². The molecule has 2 nitrogen and oxygen atoms in total. The first-order chi connectivity index (χ1) is 9.52. The fourth-order valence-corrected chi connectivity index (χ4v) is 1.48. The summed E-state index contributed by atoms with van der Waals surface area (Å²) in [4.78, 5) is 10.1. The molecule has 2 aromatic rings. The summed E-state index contributed by atoms with van der Waals surface area (Å²) in [5.74, 6) is -0.829. The first-order valence-electron chi connectivity index (χ1n) is 6.50. The molecule has 2 aromatic carbocycles. The van der Waals surface area contributed by atoms with Crippen LogP contribution in [-0.4, -0.2) is 11.1 Å². The van der Waals surface area contributed by atoms with E-state index in [0.29, 0.717) is 5.57 Å². The van der Waals surface area contributed by atoms with Gasteiger partial charge in [-0.2, -0.15) is 0 Å². The second-order valence-corrected chi connectivity index (χ2v) is 4.66. The Labute approximate surface area is 120 Å². The van der Waals surface area contributed by atoms with Crippen LogP contribution in [0.3, 0.4) is 0 Å². The molecule has 1 N–H and O–H groups in total. The van der Waals surface area contributed by atoms with Crippen LogP contribution in [0.4, 0.5) is 0 Å². The lowest BCUT2D eigenvalue weighted by Gasteiger charge is -1.98. The molecule has 0 bridgehead atoms. The van der Waals surface area contributed by atoms with E-state index >= 15 is 0 Å². The Morgan fingerprint density at radius 2 is 1.10 bits per heavy atom. The van der Waals surface area contributed by atoms with Gasteiger partial charge in [-0.05, 0) is 31.9 Å². The largest absolute Gasteiger partial charge is 0.478 e. The highest BCUT2D eigenvalue weighted by molar-refractivity contribution is 5.86. The molecule has 2 heteroatoms. The van der Waals surface area contributed by atoms with Crippen LogP contribution >= 0.6 is 0 Å². The average Bonchev–Trinajstić information content (AvgIpc) is 2.48. The SMILES string of the molecule is CC(C)=C(C)C(=O)O.c1ccc(-c2ccccc2)cc1. The van der Waals surface area contributed by atoms with Crippen molar-refractivity contribution in [3.63, 3.8) is 0 Å². The van der Waals surface area contributed by atoms with E-state index in [1.807, 2.05) is 12.1 Å². The van der Waals surface area contributed by atoms with Crippen LogP contribution in [0.25, 0.3) is 11.1 Å². The van der Waals surface area contributed by atoms with Gasteiger partial charge in [-0.15, -0.1) is 0 Å². The average molecular weight is 268 g/mol. The summed E-state index contributed by atoms with van der Waals surface area (Å²) in [7, 11) is 0. The van der Waals surface area contributed by atoms with Crippen LogP contribution in [0.5, 0.6) is 0 Å². The number of benzene rings is 2. The summed E-state index contributed by atoms with van der Waals surface area (Å²) in [6.07, 6.45) is 0. The zero-order valence-electron chi connectivity index (χ0n) is 12.1. The van der Waals surface area contributed by atoms with Crippen molar-refractivity contribution in [2.75, 3.05) is 0 Å². The first-order valence-corrected chi connectivity index (χ1v) is 6.50. The number of hydrogen-bond acceptors (Lipinski definition) is 1. The molecule has 0 fully saturated rings. The lowest BCUT2D eigenvalue weighted by atomic mass is 10.1. The van der Waals surface area contributed by atoms with E-state index in [9.17, 15) is 4.79 Å². The summed E-state index contributed by atoms with van der Waals surface area (Å²) < 4.78 is 0. The monoisotopic (exact) mass is 268 g/mol. The third-order valence-electron chi connectivity index (χ3n) is 2.95. The molecule has 0 aromatic heterocycles. The van der Waals surface area contributed by atoms with Crippen molar-refractivity contribution in [3.8, 4) is 11.1 Å². The Bertz CT molecular complexity index is 527. The second-order valence-electron chi connectivity index (χ2n) is 4.66. The molecule has 0 aliphatic carbocycles. The van der Waals surface area contributed by atoms with Gasteiger partial charge in [0, 0.05) is 5.57 Å². The zero-order chi connectivity index (χ0) is 15.0. The molecular weight excluding hydrogens is 248 g/mol. The predicted molar refractivity (Wildman–Crippen MR) is 83.6 cm³/mol. The van der Waals surface area contributed by atoms with Crippen molar-refractivity contribution in [1.29, 1.82) is 0 Å². The minimum atomic E-state index is -0.829. The normalized spacial score (nSPS) is 9.15. The Morgan fingerprint density at radius 1 is 0.750 bits per heavy atom. The molecular formula is C18H20O2. The van der Waals surface area contributed by atoms with Crippen molar-refractivity contribution in [3.05, 3.63) is 71.8 Å². The summed E-state index contributed by atoms with van der Waals surface area (Å²) in [5.41, 5.74) is 3.85. The van der Waals surface area contributed by atoms with Gasteiger partial charge < -0.3 is 5.11 Å². The smallest absolute Gasteiger partial charge is 0.331 e. The summed E-state index contributed by atoms with van der Waals surface area (Å²) in [5, 5.41) is 8.29. The maximum absolute atomic E-state index is 10.1. The topological polar surface area (TPSA) is 37.3 Å². The molecule has 2 rings (SSSR count). The van der Waals surface area contributed by atoms with Crippen LogP contribution in [0.15, 0.2) is 71.8 Å². The van der Waals surface area contributed by atoms with Crippen LogP contribution in [-0.2, 0) is 4.79 Å². The van der Waals surface area contributed by atoms with E-state index in [0.717, 1.165) is 5.57 Å². The van der Waals surface area contributed by atoms with Crippen LogP contribution in [0.2, 0.25) is 0 Å². The fraction of sp³-hybridized carbons (Fsp3) is 0.167. The Morgan fingerprint density at radius 3 is 1.30 bits per heavy atom. The van der Waals surface area contributed by atoms with Crippen LogP contribution in [0.1, 0.15) is 20.8 Å². The Kier molecular flexibility index (Phi) is 6.24. The zero-order valence-corrected chi connectivity index (χ0v) is 12.1. The molecule has 0 atom stereocenters. The van der Waals surface area contributed by atoms with Crippen LogP contribution in [0, 0.1) is 0 Å². The van der Waals surface area contributed by atoms with Gasteiger partial charge in [0.2, 0.25) is 0 Å². The minimum Gasteiger partial charge on any atom is -0.478 e. The maximum atomic E-state index is 10.1. The number of carboxylic acid groups (broad SMARTS) is 1. The summed E-state index contributed by atoms with van der Waals surface area (Å²) >= 11 is 0. The van der Waals surface area contributed by atoms with Crippen molar-refractivity contribution in [2.45, 2.75) is 20.8 Å². The third kappa shape index (κ3) is 5.11. The molecule has 20 heavy (non-hydrogen) atoms. The van der Waals surface area contributed by atoms with E-state index in [1.165, 1.54) is 11.1 Å². The molecule has 0 saturated heterocycles. The molecule has 0 unspecified atom stereocenters. The molecule has 0 aliphatic rings. The highest BCUT2D eigenvalue weighted by Crippen LogP contribution is 2.17. The van der Waals surface area contributed by atoms with Gasteiger partial charge in [0.05, 0.1) is 0 Å². The second kappa shape index (κ2) is 7.95. The molecule has 0 saturated carbocycles. The molecule has 0 spiro atoms. The van der Waals surface area contributed by atoms with E-state index in [-0.39, 0.29) is 0 Å². The van der Waals surface area contributed by atoms with Crippen molar-refractivity contribution >= 4 is 5.97 Å². The van der Waals surface area contributed by atoms with Crippen molar-refractivity contribution in [2.24, 2.45) is 0 Å². The van der Waals surface area contributed by atoms with Gasteiger partial charge in [-0.25, -0.2) is 4.79 Å². The van der Waals surface area contributed by atoms with Gasteiger partial charge in [0.25, 0.3) is 0 Å². The quantitative estimate of drug-likeness (QED) is 0.796. The number of carbonyl (C=O) groups is 1.